The lowest BCUT2D eigenvalue weighted by atomic mass is 10.2. The van der Waals surface area contributed by atoms with E-state index in [4.69, 9.17) is 11.0 Å². The summed E-state index contributed by atoms with van der Waals surface area (Å²) in [6.07, 6.45) is 0. The molecule has 3 N–H and O–H groups in total. The zero-order valence-corrected chi connectivity index (χ0v) is 9.74. The lowest BCUT2D eigenvalue weighted by molar-refractivity contribution is 0.624. The third kappa shape index (κ3) is 2.23. The van der Waals surface area contributed by atoms with Gasteiger partial charge in [0.2, 0.25) is 0 Å². The molecule has 0 bridgehead atoms. The van der Waals surface area contributed by atoms with Gasteiger partial charge in [-0.3, -0.25) is 0 Å². The number of aromatic nitrogens is 1. The number of hydrogen-bond donors (Lipinski definition) is 2. The number of rotatable bonds is 2. The van der Waals surface area contributed by atoms with Crippen molar-refractivity contribution < 1.29 is 4.39 Å². The Morgan fingerprint density at radius 1 is 1.33 bits per heavy atom. The Morgan fingerprint density at radius 2 is 2.11 bits per heavy atom. The lowest BCUT2D eigenvalue weighted by Crippen LogP contribution is -2.00. The van der Waals surface area contributed by atoms with Crippen LogP contribution < -0.4 is 11.1 Å². The van der Waals surface area contributed by atoms with Gasteiger partial charge in [-0.1, -0.05) is 6.07 Å². The van der Waals surface area contributed by atoms with E-state index in [9.17, 15) is 4.39 Å². The van der Waals surface area contributed by atoms with Crippen LogP contribution >= 0.6 is 0 Å². The van der Waals surface area contributed by atoms with Crippen molar-refractivity contribution in [3.63, 3.8) is 0 Å². The van der Waals surface area contributed by atoms with Crippen molar-refractivity contribution in [3.05, 3.63) is 47.4 Å². The number of nitrogens with zero attached hydrogens (tertiary/aromatic N) is 2. The largest absolute Gasteiger partial charge is 0.397 e. The van der Waals surface area contributed by atoms with Crippen molar-refractivity contribution in [3.8, 4) is 6.07 Å². The molecule has 0 atom stereocenters. The Hall–Kier alpha value is -2.61. The minimum atomic E-state index is -0.560. The predicted molar refractivity (Wildman–Crippen MR) is 67.8 cm³/mol. The highest BCUT2D eigenvalue weighted by Gasteiger charge is 2.08. The van der Waals surface area contributed by atoms with Gasteiger partial charge in [0.15, 0.2) is 0 Å². The third-order valence-corrected chi connectivity index (χ3v) is 2.51. The number of nitriles is 1. The molecule has 0 amide bonds. The highest BCUT2D eigenvalue weighted by molar-refractivity contribution is 5.65. The summed E-state index contributed by atoms with van der Waals surface area (Å²) in [5, 5.41) is 11.8. The monoisotopic (exact) mass is 242 g/mol. The number of pyridine rings is 1. The first-order valence-corrected chi connectivity index (χ1v) is 5.30. The number of anilines is 3. The number of nitrogen functional groups attached to an aromatic ring is 1. The molecule has 5 heteroatoms. The minimum absolute atomic E-state index is 0.0335. The molecule has 2 rings (SSSR count). The smallest absolute Gasteiger partial charge is 0.143 e. The topological polar surface area (TPSA) is 74.7 Å². The van der Waals surface area contributed by atoms with Crippen LogP contribution in [0.5, 0.6) is 0 Å². The average Bonchev–Trinajstić information content (AvgIpc) is 2.34. The molecule has 90 valence electrons. The second-order valence-electron chi connectivity index (χ2n) is 3.77. The summed E-state index contributed by atoms with van der Waals surface area (Å²) >= 11 is 0. The summed E-state index contributed by atoms with van der Waals surface area (Å²) in [5.41, 5.74) is 7.27. The Kier molecular flexibility index (Phi) is 3.11. The summed E-state index contributed by atoms with van der Waals surface area (Å²) in [6, 6.07) is 9.59. The van der Waals surface area contributed by atoms with Gasteiger partial charge in [-0.05, 0) is 31.2 Å². The quantitative estimate of drug-likeness (QED) is 0.849. The van der Waals surface area contributed by atoms with Crippen LogP contribution in [-0.4, -0.2) is 4.98 Å². The summed E-state index contributed by atoms with van der Waals surface area (Å²) in [7, 11) is 0. The SMILES string of the molecule is Cc1nc(Nc2cccc(F)c2C#N)ccc1N. The van der Waals surface area contributed by atoms with Gasteiger partial charge in [-0.15, -0.1) is 0 Å². The Labute approximate surface area is 104 Å². The Balaban J connectivity index is 2.37. The van der Waals surface area contributed by atoms with E-state index in [1.165, 1.54) is 12.1 Å². The van der Waals surface area contributed by atoms with Gasteiger partial charge < -0.3 is 11.1 Å². The van der Waals surface area contributed by atoms with Gasteiger partial charge in [0.1, 0.15) is 23.3 Å². The predicted octanol–water partition coefficient (Wildman–Crippen LogP) is 2.73. The fourth-order valence-electron chi connectivity index (χ4n) is 1.52. The van der Waals surface area contributed by atoms with E-state index >= 15 is 0 Å². The molecule has 0 saturated carbocycles. The van der Waals surface area contributed by atoms with Crippen LogP contribution in [0.2, 0.25) is 0 Å². The molecule has 0 unspecified atom stereocenters. The molecule has 0 spiro atoms. The van der Waals surface area contributed by atoms with Crippen LogP contribution in [-0.2, 0) is 0 Å². The summed E-state index contributed by atoms with van der Waals surface area (Å²) < 4.78 is 13.4. The van der Waals surface area contributed by atoms with E-state index in [0.29, 0.717) is 22.9 Å². The molecule has 2 aromatic rings. The normalized spacial score (nSPS) is 9.83. The van der Waals surface area contributed by atoms with Crippen molar-refractivity contribution in [1.29, 1.82) is 5.26 Å². The summed E-state index contributed by atoms with van der Waals surface area (Å²) in [5.74, 6) is -0.0431. The van der Waals surface area contributed by atoms with Gasteiger partial charge in [0.05, 0.1) is 17.1 Å². The average molecular weight is 242 g/mol. The Bertz CT molecular complexity index is 631. The number of aryl methyl sites for hydroxylation is 1. The van der Waals surface area contributed by atoms with Crippen LogP contribution in [0.3, 0.4) is 0 Å². The number of nitrogens with one attached hydrogen (secondary N) is 1. The van der Waals surface area contributed by atoms with Crippen molar-refractivity contribution in [1.82, 2.24) is 4.98 Å². The molecule has 0 radical (unpaired) electrons. The highest BCUT2D eigenvalue weighted by atomic mass is 19.1. The number of halogens is 1. The van der Waals surface area contributed by atoms with Crippen molar-refractivity contribution in [2.45, 2.75) is 6.92 Å². The minimum Gasteiger partial charge on any atom is -0.397 e. The van der Waals surface area contributed by atoms with Gasteiger partial charge in [-0.25, -0.2) is 9.37 Å². The molecule has 4 nitrogen and oxygen atoms in total. The van der Waals surface area contributed by atoms with E-state index in [2.05, 4.69) is 10.3 Å². The van der Waals surface area contributed by atoms with Gasteiger partial charge in [0, 0.05) is 0 Å². The fraction of sp³-hybridized carbons (Fsp3) is 0.0769. The molecule has 1 aromatic heterocycles. The van der Waals surface area contributed by atoms with Crippen LogP contribution in [0, 0.1) is 24.1 Å². The maximum Gasteiger partial charge on any atom is 0.143 e. The van der Waals surface area contributed by atoms with E-state index < -0.39 is 5.82 Å². The molecule has 0 aliphatic heterocycles. The molecule has 0 saturated heterocycles. The fourth-order valence-corrected chi connectivity index (χ4v) is 1.52. The maximum atomic E-state index is 13.4. The molecule has 0 fully saturated rings. The lowest BCUT2D eigenvalue weighted by Gasteiger charge is -2.09. The zero-order chi connectivity index (χ0) is 13.1. The van der Waals surface area contributed by atoms with Crippen molar-refractivity contribution in [2.75, 3.05) is 11.1 Å². The molecular weight excluding hydrogens is 231 g/mol. The third-order valence-electron chi connectivity index (χ3n) is 2.51. The number of hydrogen-bond acceptors (Lipinski definition) is 4. The molecular formula is C13H11FN4. The summed E-state index contributed by atoms with van der Waals surface area (Å²) in [6.45, 7) is 1.78. The first-order chi connectivity index (χ1) is 8.61. The van der Waals surface area contributed by atoms with E-state index in [0.717, 1.165) is 0 Å². The second-order valence-corrected chi connectivity index (χ2v) is 3.77. The van der Waals surface area contributed by atoms with Crippen molar-refractivity contribution >= 4 is 17.2 Å². The number of benzene rings is 1. The molecule has 18 heavy (non-hydrogen) atoms. The first kappa shape index (κ1) is 11.9. The molecule has 1 heterocycles. The van der Waals surface area contributed by atoms with Gasteiger partial charge >= 0.3 is 0 Å². The van der Waals surface area contributed by atoms with E-state index in [-0.39, 0.29) is 5.56 Å². The van der Waals surface area contributed by atoms with Gasteiger partial charge in [-0.2, -0.15) is 5.26 Å². The Morgan fingerprint density at radius 3 is 2.78 bits per heavy atom. The highest BCUT2D eigenvalue weighted by Crippen LogP contribution is 2.22. The van der Waals surface area contributed by atoms with Crippen LogP contribution in [0.1, 0.15) is 11.3 Å². The number of nitrogens with two attached hydrogens (primary N) is 1. The van der Waals surface area contributed by atoms with Crippen molar-refractivity contribution in [2.24, 2.45) is 0 Å². The summed E-state index contributed by atoms with van der Waals surface area (Å²) in [4.78, 5) is 4.21. The zero-order valence-electron chi connectivity index (χ0n) is 9.74. The second kappa shape index (κ2) is 4.72. The molecule has 0 aliphatic rings. The first-order valence-electron chi connectivity index (χ1n) is 5.30. The molecule has 1 aromatic carbocycles. The molecule has 0 aliphatic carbocycles. The standard InChI is InChI=1S/C13H11FN4/c1-8-11(16)5-6-13(17-8)18-12-4-2-3-10(14)9(12)7-15/h2-6H,16H2,1H3,(H,17,18). The van der Waals surface area contributed by atoms with E-state index in [1.54, 1.807) is 25.1 Å². The van der Waals surface area contributed by atoms with E-state index in [1.807, 2.05) is 6.07 Å². The van der Waals surface area contributed by atoms with Crippen LogP contribution in [0.15, 0.2) is 30.3 Å². The van der Waals surface area contributed by atoms with Gasteiger partial charge in [0.25, 0.3) is 0 Å². The van der Waals surface area contributed by atoms with Crippen LogP contribution in [0.4, 0.5) is 21.6 Å². The van der Waals surface area contributed by atoms with Crippen LogP contribution in [0.25, 0.3) is 0 Å². The maximum absolute atomic E-state index is 13.4.